The van der Waals surface area contributed by atoms with Crippen molar-refractivity contribution in [2.24, 2.45) is 5.73 Å². The zero-order valence-electron chi connectivity index (χ0n) is 8.18. The molecule has 5 nitrogen and oxygen atoms in total. The number of nitrogens with two attached hydrogens (primary N) is 1. The molecule has 2 heterocycles. The minimum absolute atomic E-state index is 0.0666. The number of amides is 1. The number of hydrogen-bond donors (Lipinski definition) is 1. The van der Waals surface area contributed by atoms with Gasteiger partial charge in [-0.05, 0) is 6.07 Å². The fraction of sp³-hybridized carbons (Fsp3) is 0.400. The van der Waals surface area contributed by atoms with Gasteiger partial charge in [-0.15, -0.1) is 0 Å². The van der Waals surface area contributed by atoms with Gasteiger partial charge in [-0.2, -0.15) is 0 Å². The Hall–Kier alpha value is -1.62. The SMILES string of the molecule is NC(=O)c1ccc(OC2CCOC2)nc1. The molecule has 1 aromatic heterocycles. The Bertz CT molecular complexity index is 344. The first-order valence-corrected chi connectivity index (χ1v) is 4.76. The summed E-state index contributed by atoms with van der Waals surface area (Å²) in [6.45, 7) is 1.32. The minimum Gasteiger partial charge on any atom is -0.472 e. The zero-order valence-corrected chi connectivity index (χ0v) is 8.18. The minimum atomic E-state index is -0.488. The van der Waals surface area contributed by atoms with E-state index in [0.29, 0.717) is 18.1 Å². The molecule has 1 aromatic rings. The molecule has 0 spiro atoms. The molecule has 1 atom stereocenters. The second-order valence-corrected chi connectivity index (χ2v) is 3.35. The van der Waals surface area contributed by atoms with Crippen molar-refractivity contribution in [3.05, 3.63) is 23.9 Å². The van der Waals surface area contributed by atoms with Crippen LogP contribution in [0.1, 0.15) is 16.8 Å². The molecule has 5 heteroatoms. The number of ether oxygens (including phenoxy) is 2. The van der Waals surface area contributed by atoms with Gasteiger partial charge >= 0.3 is 0 Å². The van der Waals surface area contributed by atoms with E-state index in [1.807, 2.05) is 0 Å². The summed E-state index contributed by atoms with van der Waals surface area (Å²) in [6, 6.07) is 3.24. The summed E-state index contributed by atoms with van der Waals surface area (Å²) in [5.41, 5.74) is 5.47. The third kappa shape index (κ3) is 2.44. The molecule has 0 saturated carbocycles. The van der Waals surface area contributed by atoms with Crippen molar-refractivity contribution in [3.8, 4) is 5.88 Å². The van der Waals surface area contributed by atoms with E-state index < -0.39 is 5.91 Å². The topological polar surface area (TPSA) is 74.4 Å². The summed E-state index contributed by atoms with van der Waals surface area (Å²) < 4.78 is 10.7. The van der Waals surface area contributed by atoms with Crippen LogP contribution >= 0.6 is 0 Å². The molecule has 0 aliphatic carbocycles. The lowest BCUT2D eigenvalue weighted by atomic mass is 10.3. The Balaban J connectivity index is 2.00. The highest BCUT2D eigenvalue weighted by Gasteiger charge is 2.17. The number of carbonyl (C=O) groups is 1. The Morgan fingerprint density at radius 2 is 2.47 bits per heavy atom. The van der Waals surface area contributed by atoms with Crippen molar-refractivity contribution in [1.82, 2.24) is 4.98 Å². The summed E-state index contributed by atoms with van der Waals surface area (Å²) >= 11 is 0. The molecular weight excluding hydrogens is 196 g/mol. The second kappa shape index (κ2) is 4.27. The Morgan fingerprint density at radius 3 is 3.00 bits per heavy atom. The van der Waals surface area contributed by atoms with Crippen LogP contribution in [0.15, 0.2) is 18.3 Å². The number of carbonyl (C=O) groups excluding carboxylic acids is 1. The average Bonchev–Trinajstić information content (AvgIpc) is 2.71. The molecule has 1 unspecified atom stereocenters. The van der Waals surface area contributed by atoms with Crippen LogP contribution in [0, 0.1) is 0 Å². The molecule has 0 aromatic carbocycles. The van der Waals surface area contributed by atoms with Gasteiger partial charge in [0.05, 0.1) is 18.8 Å². The molecule has 1 fully saturated rings. The van der Waals surface area contributed by atoms with Crippen molar-refractivity contribution in [2.45, 2.75) is 12.5 Å². The first kappa shape index (κ1) is 9.92. The van der Waals surface area contributed by atoms with Crippen LogP contribution in [0.2, 0.25) is 0 Å². The van der Waals surface area contributed by atoms with Crippen molar-refractivity contribution in [3.63, 3.8) is 0 Å². The molecule has 1 aliphatic rings. The van der Waals surface area contributed by atoms with E-state index >= 15 is 0 Å². The highest BCUT2D eigenvalue weighted by molar-refractivity contribution is 5.92. The fourth-order valence-electron chi connectivity index (χ4n) is 1.37. The highest BCUT2D eigenvalue weighted by atomic mass is 16.5. The van der Waals surface area contributed by atoms with Gasteiger partial charge in [0.2, 0.25) is 11.8 Å². The molecular formula is C10H12N2O3. The van der Waals surface area contributed by atoms with Crippen LogP contribution in [-0.2, 0) is 4.74 Å². The molecule has 80 valence electrons. The van der Waals surface area contributed by atoms with E-state index in [0.717, 1.165) is 13.0 Å². The summed E-state index contributed by atoms with van der Waals surface area (Å²) in [6.07, 6.45) is 2.35. The van der Waals surface area contributed by atoms with E-state index in [4.69, 9.17) is 15.2 Å². The second-order valence-electron chi connectivity index (χ2n) is 3.35. The largest absolute Gasteiger partial charge is 0.472 e. The lowest BCUT2D eigenvalue weighted by Gasteiger charge is -2.10. The molecule has 2 rings (SSSR count). The highest BCUT2D eigenvalue weighted by Crippen LogP contribution is 2.14. The summed E-state index contributed by atoms with van der Waals surface area (Å²) in [5.74, 6) is 0.00810. The van der Waals surface area contributed by atoms with Crippen LogP contribution in [0.25, 0.3) is 0 Å². The number of pyridine rings is 1. The molecule has 1 aliphatic heterocycles. The van der Waals surface area contributed by atoms with Crippen LogP contribution in [0.4, 0.5) is 0 Å². The Labute approximate surface area is 87.2 Å². The number of primary amides is 1. The molecule has 1 amide bonds. The van der Waals surface area contributed by atoms with Crippen molar-refractivity contribution in [2.75, 3.05) is 13.2 Å². The van der Waals surface area contributed by atoms with Gasteiger partial charge in [0.25, 0.3) is 0 Å². The number of aromatic nitrogens is 1. The summed E-state index contributed by atoms with van der Waals surface area (Å²) in [7, 11) is 0. The van der Waals surface area contributed by atoms with Gasteiger partial charge in [0.15, 0.2) is 0 Å². The van der Waals surface area contributed by atoms with Gasteiger partial charge in [0, 0.05) is 18.7 Å². The molecule has 2 N–H and O–H groups in total. The normalized spacial score (nSPS) is 20.1. The maximum Gasteiger partial charge on any atom is 0.250 e. The Morgan fingerprint density at radius 1 is 1.60 bits per heavy atom. The van der Waals surface area contributed by atoms with Crippen LogP contribution < -0.4 is 10.5 Å². The van der Waals surface area contributed by atoms with Gasteiger partial charge in [-0.1, -0.05) is 0 Å². The van der Waals surface area contributed by atoms with Crippen LogP contribution in [-0.4, -0.2) is 30.2 Å². The predicted molar refractivity (Wildman–Crippen MR) is 52.6 cm³/mol. The third-order valence-corrected chi connectivity index (χ3v) is 2.20. The van der Waals surface area contributed by atoms with E-state index in [2.05, 4.69) is 4.98 Å². The lowest BCUT2D eigenvalue weighted by molar-refractivity contribution is 0.0999. The number of nitrogens with zero attached hydrogens (tertiary/aromatic N) is 1. The van der Waals surface area contributed by atoms with Gasteiger partial charge < -0.3 is 15.2 Å². The van der Waals surface area contributed by atoms with E-state index in [-0.39, 0.29) is 6.10 Å². The third-order valence-electron chi connectivity index (χ3n) is 2.20. The van der Waals surface area contributed by atoms with Gasteiger partial charge in [-0.25, -0.2) is 4.98 Å². The van der Waals surface area contributed by atoms with Crippen molar-refractivity contribution < 1.29 is 14.3 Å². The smallest absolute Gasteiger partial charge is 0.250 e. The predicted octanol–water partition coefficient (Wildman–Crippen LogP) is 0.348. The quantitative estimate of drug-likeness (QED) is 0.777. The maximum absolute atomic E-state index is 10.8. The van der Waals surface area contributed by atoms with Crippen LogP contribution in [0.5, 0.6) is 5.88 Å². The van der Waals surface area contributed by atoms with E-state index in [1.54, 1.807) is 12.1 Å². The first-order valence-electron chi connectivity index (χ1n) is 4.76. The van der Waals surface area contributed by atoms with Crippen LogP contribution in [0.3, 0.4) is 0 Å². The van der Waals surface area contributed by atoms with Gasteiger partial charge in [-0.3, -0.25) is 4.79 Å². The molecule has 0 bridgehead atoms. The monoisotopic (exact) mass is 208 g/mol. The molecule has 15 heavy (non-hydrogen) atoms. The van der Waals surface area contributed by atoms with Crippen molar-refractivity contribution in [1.29, 1.82) is 0 Å². The lowest BCUT2D eigenvalue weighted by Crippen LogP contribution is -2.17. The summed E-state index contributed by atoms with van der Waals surface area (Å²) in [5, 5.41) is 0. The standard InChI is InChI=1S/C10H12N2O3/c11-10(13)7-1-2-9(12-5-7)15-8-3-4-14-6-8/h1-2,5,8H,3-4,6H2,(H2,11,13). The first-order chi connectivity index (χ1) is 7.25. The van der Waals surface area contributed by atoms with Crippen molar-refractivity contribution >= 4 is 5.91 Å². The molecule has 1 saturated heterocycles. The molecule has 0 radical (unpaired) electrons. The zero-order chi connectivity index (χ0) is 10.7. The maximum atomic E-state index is 10.8. The Kier molecular flexibility index (Phi) is 2.82. The number of rotatable bonds is 3. The fourth-order valence-corrected chi connectivity index (χ4v) is 1.37. The average molecular weight is 208 g/mol. The van der Waals surface area contributed by atoms with Gasteiger partial charge in [0.1, 0.15) is 6.10 Å². The van der Waals surface area contributed by atoms with E-state index in [9.17, 15) is 4.79 Å². The number of hydrogen-bond acceptors (Lipinski definition) is 4. The summed E-state index contributed by atoms with van der Waals surface area (Å²) in [4.78, 5) is 14.8. The van der Waals surface area contributed by atoms with E-state index in [1.165, 1.54) is 6.20 Å².